The van der Waals surface area contributed by atoms with Crippen LogP contribution in [0.2, 0.25) is 0 Å². The first kappa shape index (κ1) is 12.3. The van der Waals surface area contributed by atoms with Crippen molar-refractivity contribution in [1.82, 2.24) is 5.32 Å². The van der Waals surface area contributed by atoms with Crippen LogP contribution in [0.15, 0.2) is 18.2 Å². The molecule has 1 aromatic carbocycles. The van der Waals surface area contributed by atoms with Crippen molar-refractivity contribution in [2.45, 2.75) is 19.4 Å². The Morgan fingerprint density at radius 1 is 1.47 bits per heavy atom. The van der Waals surface area contributed by atoms with Gasteiger partial charge in [0.15, 0.2) is 0 Å². The van der Waals surface area contributed by atoms with Gasteiger partial charge in [0.25, 0.3) is 5.91 Å². The van der Waals surface area contributed by atoms with E-state index in [0.717, 1.165) is 11.4 Å². The summed E-state index contributed by atoms with van der Waals surface area (Å²) >= 11 is 1.98. The molecule has 1 amide bonds. The lowest BCUT2D eigenvalue weighted by atomic mass is 10.1. The van der Waals surface area contributed by atoms with Gasteiger partial charge in [-0.2, -0.15) is 11.8 Å². The number of carbonyl (C=O) groups excluding carboxylic acids is 1. The van der Waals surface area contributed by atoms with Gasteiger partial charge < -0.3 is 10.6 Å². The minimum Gasteiger partial charge on any atom is -0.381 e. The fourth-order valence-corrected chi connectivity index (χ4v) is 3.08. The molecule has 1 atom stereocenters. The van der Waals surface area contributed by atoms with E-state index in [2.05, 4.69) is 17.6 Å². The summed E-state index contributed by atoms with van der Waals surface area (Å²) in [4.78, 5) is 11.6. The van der Waals surface area contributed by atoms with Gasteiger partial charge in [-0.15, -0.1) is 0 Å². The standard InChI is InChI=1S/C13H18N2OS/c1-9-3-4-10(13(16)14-2)7-12(9)15-11-5-6-17-8-11/h3-4,7,11,15H,5-6,8H2,1-2H3,(H,14,16). The Balaban J connectivity index is 2.16. The largest absolute Gasteiger partial charge is 0.381 e. The van der Waals surface area contributed by atoms with E-state index in [-0.39, 0.29) is 5.91 Å². The third-order valence-electron chi connectivity index (χ3n) is 3.02. The highest BCUT2D eigenvalue weighted by Crippen LogP contribution is 2.24. The van der Waals surface area contributed by atoms with Gasteiger partial charge in [0, 0.05) is 30.1 Å². The van der Waals surface area contributed by atoms with Crippen molar-refractivity contribution in [3.05, 3.63) is 29.3 Å². The number of rotatable bonds is 3. The predicted molar refractivity (Wildman–Crippen MR) is 73.9 cm³/mol. The van der Waals surface area contributed by atoms with E-state index in [1.54, 1.807) is 7.05 Å². The molecule has 0 saturated carbocycles. The molecule has 92 valence electrons. The van der Waals surface area contributed by atoms with Gasteiger partial charge in [-0.1, -0.05) is 6.07 Å². The summed E-state index contributed by atoms with van der Waals surface area (Å²) in [7, 11) is 1.66. The Hall–Kier alpha value is -1.16. The number of carbonyl (C=O) groups is 1. The van der Waals surface area contributed by atoms with E-state index in [1.165, 1.54) is 17.7 Å². The van der Waals surface area contributed by atoms with E-state index < -0.39 is 0 Å². The summed E-state index contributed by atoms with van der Waals surface area (Å²) in [5.41, 5.74) is 2.99. The summed E-state index contributed by atoms with van der Waals surface area (Å²) in [5, 5.41) is 6.18. The molecule has 1 saturated heterocycles. The summed E-state index contributed by atoms with van der Waals surface area (Å²) in [5.74, 6) is 2.35. The Labute approximate surface area is 106 Å². The van der Waals surface area contributed by atoms with Gasteiger partial charge in [0.1, 0.15) is 0 Å². The van der Waals surface area contributed by atoms with E-state index in [0.29, 0.717) is 11.6 Å². The fourth-order valence-electron chi connectivity index (χ4n) is 1.93. The molecular formula is C13H18N2OS. The molecule has 2 N–H and O–H groups in total. The normalized spacial score (nSPS) is 19.1. The minimum absolute atomic E-state index is 0.0335. The molecule has 1 fully saturated rings. The van der Waals surface area contributed by atoms with E-state index in [4.69, 9.17) is 0 Å². The number of amides is 1. The van der Waals surface area contributed by atoms with E-state index in [1.807, 2.05) is 30.0 Å². The van der Waals surface area contributed by atoms with Crippen molar-refractivity contribution >= 4 is 23.4 Å². The third-order valence-corrected chi connectivity index (χ3v) is 4.18. The second-order valence-electron chi connectivity index (χ2n) is 4.31. The van der Waals surface area contributed by atoms with Crippen LogP contribution >= 0.6 is 11.8 Å². The van der Waals surface area contributed by atoms with Gasteiger partial charge in [-0.25, -0.2) is 0 Å². The molecule has 1 heterocycles. The lowest BCUT2D eigenvalue weighted by molar-refractivity contribution is 0.0963. The average Bonchev–Trinajstić information content (AvgIpc) is 2.84. The molecule has 1 unspecified atom stereocenters. The quantitative estimate of drug-likeness (QED) is 0.864. The van der Waals surface area contributed by atoms with Crippen LogP contribution in [0.1, 0.15) is 22.3 Å². The van der Waals surface area contributed by atoms with E-state index >= 15 is 0 Å². The summed E-state index contributed by atoms with van der Waals surface area (Å²) in [6, 6.07) is 6.34. The highest BCUT2D eigenvalue weighted by Gasteiger charge is 2.16. The number of anilines is 1. The zero-order valence-corrected chi connectivity index (χ0v) is 11.1. The van der Waals surface area contributed by atoms with Crippen LogP contribution in [0.3, 0.4) is 0 Å². The molecule has 0 radical (unpaired) electrons. The molecule has 1 aliphatic rings. The summed E-state index contributed by atoms with van der Waals surface area (Å²) in [6.07, 6.45) is 1.20. The number of hydrogen-bond donors (Lipinski definition) is 2. The second kappa shape index (κ2) is 5.45. The minimum atomic E-state index is -0.0335. The topological polar surface area (TPSA) is 41.1 Å². The van der Waals surface area contributed by atoms with Crippen molar-refractivity contribution in [3.63, 3.8) is 0 Å². The smallest absolute Gasteiger partial charge is 0.251 e. The highest BCUT2D eigenvalue weighted by molar-refractivity contribution is 7.99. The molecule has 0 aromatic heterocycles. The van der Waals surface area contributed by atoms with Gasteiger partial charge in [0.05, 0.1) is 0 Å². The van der Waals surface area contributed by atoms with Crippen molar-refractivity contribution < 1.29 is 4.79 Å². The van der Waals surface area contributed by atoms with E-state index in [9.17, 15) is 4.79 Å². The Kier molecular flexibility index (Phi) is 3.94. The fraction of sp³-hybridized carbons (Fsp3) is 0.462. The maximum absolute atomic E-state index is 11.6. The third kappa shape index (κ3) is 2.94. The number of aryl methyl sites for hydroxylation is 1. The zero-order valence-electron chi connectivity index (χ0n) is 10.2. The maximum Gasteiger partial charge on any atom is 0.251 e. The molecular weight excluding hydrogens is 232 g/mol. The molecule has 1 aromatic rings. The number of nitrogens with one attached hydrogen (secondary N) is 2. The first-order chi connectivity index (χ1) is 8.20. The molecule has 0 aliphatic carbocycles. The van der Waals surface area contributed by atoms with Crippen molar-refractivity contribution in [2.24, 2.45) is 0 Å². The molecule has 17 heavy (non-hydrogen) atoms. The Morgan fingerprint density at radius 3 is 2.94 bits per heavy atom. The van der Waals surface area contributed by atoms with Crippen LogP contribution in [0.4, 0.5) is 5.69 Å². The first-order valence-electron chi connectivity index (χ1n) is 5.87. The van der Waals surface area contributed by atoms with Crippen LogP contribution in [0.5, 0.6) is 0 Å². The summed E-state index contributed by atoms with van der Waals surface area (Å²) < 4.78 is 0. The summed E-state index contributed by atoms with van der Waals surface area (Å²) in [6.45, 7) is 2.07. The monoisotopic (exact) mass is 250 g/mol. The first-order valence-corrected chi connectivity index (χ1v) is 7.03. The number of benzene rings is 1. The molecule has 1 aliphatic heterocycles. The number of thioether (sulfide) groups is 1. The average molecular weight is 250 g/mol. The molecule has 3 nitrogen and oxygen atoms in total. The SMILES string of the molecule is CNC(=O)c1ccc(C)c(NC2CCSC2)c1. The lowest BCUT2D eigenvalue weighted by Crippen LogP contribution is -2.21. The van der Waals surface area contributed by atoms with Crippen LogP contribution in [-0.2, 0) is 0 Å². The van der Waals surface area contributed by atoms with Crippen molar-refractivity contribution in [2.75, 3.05) is 23.9 Å². The highest BCUT2D eigenvalue weighted by atomic mass is 32.2. The van der Waals surface area contributed by atoms with Gasteiger partial charge in [-0.05, 0) is 36.8 Å². The molecule has 0 bridgehead atoms. The maximum atomic E-state index is 11.6. The van der Waals surface area contributed by atoms with Crippen LogP contribution < -0.4 is 10.6 Å². The number of hydrogen-bond acceptors (Lipinski definition) is 3. The Morgan fingerprint density at radius 2 is 2.29 bits per heavy atom. The van der Waals surface area contributed by atoms with Crippen molar-refractivity contribution in [3.8, 4) is 0 Å². The van der Waals surface area contributed by atoms with Gasteiger partial charge in [-0.3, -0.25) is 4.79 Å². The lowest BCUT2D eigenvalue weighted by Gasteiger charge is -2.16. The second-order valence-corrected chi connectivity index (χ2v) is 5.46. The zero-order chi connectivity index (χ0) is 12.3. The van der Waals surface area contributed by atoms with Crippen molar-refractivity contribution in [1.29, 1.82) is 0 Å². The molecule has 0 spiro atoms. The Bertz CT molecular complexity index is 414. The van der Waals surface area contributed by atoms with Gasteiger partial charge in [0.2, 0.25) is 0 Å². The molecule has 2 rings (SSSR count). The van der Waals surface area contributed by atoms with Crippen LogP contribution in [-0.4, -0.2) is 30.5 Å². The molecule has 4 heteroatoms. The predicted octanol–water partition coefficient (Wildman–Crippen LogP) is 2.27. The van der Waals surface area contributed by atoms with Gasteiger partial charge >= 0.3 is 0 Å². The van der Waals surface area contributed by atoms with Crippen LogP contribution in [0, 0.1) is 6.92 Å². The van der Waals surface area contributed by atoms with Crippen LogP contribution in [0.25, 0.3) is 0 Å².